The van der Waals surface area contributed by atoms with Crippen molar-refractivity contribution in [3.63, 3.8) is 0 Å². The molecule has 21 heavy (non-hydrogen) atoms. The number of thiophene rings is 1. The Hall–Kier alpha value is -2.40. The van der Waals surface area contributed by atoms with E-state index in [2.05, 4.69) is 5.32 Å². The number of para-hydroxylation sites is 1. The highest BCUT2D eigenvalue weighted by molar-refractivity contribution is 7.21. The highest BCUT2D eigenvalue weighted by atomic mass is 32.1. The summed E-state index contributed by atoms with van der Waals surface area (Å²) in [6, 6.07) is 11.9. The van der Waals surface area contributed by atoms with Crippen LogP contribution in [0, 0.1) is 12.7 Å². The van der Waals surface area contributed by atoms with Gasteiger partial charge in [-0.3, -0.25) is 4.79 Å². The maximum Gasteiger partial charge on any atom is 0.267 e. The molecule has 0 fully saturated rings. The fourth-order valence-electron chi connectivity index (χ4n) is 2.14. The Morgan fingerprint density at radius 1 is 1.24 bits per heavy atom. The zero-order valence-corrected chi connectivity index (χ0v) is 12.1. The van der Waals surface area contributed by atoms with Crippen molar-refractivity contribution in [1.82, 2.24) is 0 Å². The van der Waals surface area contributed by atoms with E-state index in [0.29, 0.717) is 10.6 Å². The van der Waals surface area contributed by atoms with Crippen LogP contribution in [0.1, 0.15) is 15.2 Å². The third-order valence-electron chi connectivity index (χ3n) is 3.21. The number of nitrogen functional groups attached to an aromatic ring is 1. The van der Waals surface area contributed by atoms with Crippen LogP contribution in [0.5, 0.6) is 0 Å². The predicted molar refractivity (Wildman–Crippen MR) is 85.3 cm³/mol. The zero-order chi connectivity index (χ0) is 15.0. The molecule has 1 amide bonds. The van der Waals surface area contributed by atoms with Crippen molar-refractivity contribution >= 4 is 38.7 Å². The van der Waals surface area contributed by atoms with E-state index in [0.717, 1.165) is 15.6 Å². The first-order valence-corrected chi connectivity index (χ1v) is 7.22. The second kappa shape index (κ2) is 5.18. The van der Waals surface area contributed by atoms with Crippen LogP contribution in [0.15, 0.2) is 42.5 Å². The van der Waals surface area contributed by atoms with Gasteiger partial charge in [0, 0.05) is 10.1 Å². The van der Waals surface area contributed by atoms with Crippen LogP contribution in [0.25, 0.3) is 10.1 Å². The molecule has 0 bridgehead atoms. The van der Waals surface area contributed by atoms with E-state index in [9.17, 15) is 9.18 Å². The SMILES string of the molecule is Cc1ccc2sc(C(=O)Nc3ccccc3F)c(N)c2c1. The number of aryl methyl sites for hydroxylation is 1. The van der Waals surface area contributed by atoms with E-state index in [1.165, 1.54) is 23.5 Å². The van der Waals surface area contributed by atoms with Crippen molar-refractivity contribution in [2.75, 3.05) is 11.1 Å². The van der Waals surface area contributed by atoms with E-state index in [4.69, 9.17) is 5.73 Å². The number of carbonyl (C=O) groups excluding carboxylic acids is 1. The summed E-state index contributed by atoms with van der Waals surface area (Å²) in [5.41, 5.74) is 7.72. The van der Waals surface area contributed by atoms with Crippen molar-refractivity contribution in [3.8, 4) is 0 Å². The first-order chi connectivity index (χ1) is 10.1. The van der Waals surface area contributed by atoms with Crippen LogP contribution in [0.2, 0.25) is 0 Å². The number of amides is 1. The fourth-order valence-corrected chi connectivity index (χ4v) is 3.14. The molecule has 0 atom stereocenters. The van der Waals surface area contributed by atoms with Crippen molar-refractivity contribution in [2.24, 2.45) is 0 Å². The number of anilines is 2. The van der Waals surface area contributed by atoms with Crippen LogP contribution in [0.3, 0.4) is 0 Å². The van der Waals surface area contributed by atoms with Crippen molar-refractivity contribution < 1.29 is 9.18 Å². The fraction of sp³-hybridized carbons (Fsp3) is 0.0625. The third-order valence-corrected chi connectivity index (χ3v) is 4.40. The number of hydrogen-bond acceptors (Lipinski definition) is 3. The van der Waals surface area contributed by atoms with Crippen LogP contribution in [-0.2, 0) is 0 Å². The smallest absolute Gasteiger partial charge is 0.267 e. The minimum absolute atomic E-state index is 0.149. The van der Waals surface area contributed by atoms with Crippen molar-refractivity contribution in [1.29, 1.82) is 0 Å². The van der Waals surface area contributed by atoms with Gasteiger partial charge in [0.25, 0.3) is 5.91 Å². The molecule has 3 N–H and O–H groups in total. The van der Waals surface area contributed by atoms with E-state index < -0.39 is 11.7 Å². The average Bonchev–Trinajstić information content (AvgIpc) is 2.79. The lowest BCUT2D eigenvalue weighted by atomic mass is 10.1. The van der Waals surface area contributed by atoms with Crippen molar-refractivity contribution in [2.45, 2.75) is 6.92 Å². The highest BCUT2D eigenvalue weighted by Crippen LogP contribution is 2.34. The molecule has 0 saturated heterocycles. The summed E-state index contributed by atoms with van der Waals surface area (Å²) in [6.45, 7) is 1.97. The Bertz CT molecular complexity index is 841. The molecule has 3 nitrogen and oxygen atoms in total. The molecule has 106 valence electrons. The minimum Gasteiger partial charge on any atom is -0.397 e. The van der Waals surface area contributed by atoms with Gasteiger partial charge in [-0.05, 0) is 31.2 Å². The molecule has 3 aromatic rings. The van der Waals surface area contributed by atoms with Gasteiger partial charge in [0.1, 0.15) is 10.7 Å². The number of hydrogen-bond donors (Lipinski definition) is 2. The van der Waals surface area contributed by atoms with Crippen LogP contribution in [-0.4, -0.2) is 5.91 Å². The lowest BCUT2D eigenvalue weighted by Crippen LogP contribution is -2.12. The standard InChI is InChI=1S/C16H13FN2OS/c1-9-6-7-13-10(8-9)14(18)15(21-13)16(20)19-12-5-3-2-4-11(12)17/h2-8H,18H2,1H3,(H,19,20). The van der Waals surface area contributed by atoms with Gasteiger partial charge in [-0.15, -0.1) is 11.3 Å². The summed E-state index contributed by atoms with van der Waals surface area (Å²) >= 11 is 1.31. The summed E-state index contributed by atoms with van der Waals surface area (Å²) in [4.78, 5) is 12.7. The van der Waals surface area contributed by atoms with Gasteiger partial charge in [0.15, 0.2) is 0 Å². The molecule has 3 rings (SSSR count). The first kappa shape index (κ1) is 13.6. The van der Waals surface area contributed by atoms with E-state index in [1.54, 1.807) is 12.1 Å². The molecule has 0 saturated carbocycles. The second-order valence-electron chi connectivity index (χ2n) is 4.78. The zero-order valence-electron chi connectivity index (χ0n) is 11.3. The maximum absolute atomic E-state index is 13.6. The number of fused-ring (bicyclic) bond motifs is 1. The van der Waals surface area contributed by atoms with Crippen molar-refractivity contribution in [3.05, 3.63) is 58.7 Å². The quantitative estimate of drug-likeness (QED) is 0.746. The third kappa shape index (κ3) is 2.48. The van der Waals surface area contributed by atoms with Gasteiger partial charge < -0.3 is 11.1 Å². The predicted octanol–water partition coefficient (Wildman–Crippen LogP) is 4.18. The highest BCUT2D eigenvalue weighted by Gasteiger charge is 2.17. The summed E-state index contributed by atoms with van der Waals surface area (Å²) < 4.78 is 14.5. The second-order valence-corrected chi connectivity index (χ2v) is 5.83. The van der Waals surface area contributed by atoms with Crippen LogP contribution in [0.4, 0.5) is 15.8 Å². The largest absolute Gasteiger partial charge is 0.397 e. The average molecular weight is 300 g/mol. The summed E-state index contributed by atoms with van der Waals surface area (Å²) in [7, 11) is 0. The summed E-state index contributed by atoms with van der Waals surface area (Å²) in [6.07, 6.45) is 0. The Balaban J connectivity index is 1.99. The topological polar surface area (TPSA) is 55.1 Å². The number of carbonyl (C=O) groups is 1. The molecule has 1 aromatic heterocycles. The van der Waals surface area contributed by atoms with Gasteiger partial charge in [-0.2, -0.15) is 0 Å². The van der Waals surface area contributed by atoms with Crippen LogP contribution >= 0.6 is 11.3 Å². The van der Waals surface area contributed by atoms with E-state index in [-0.39, 0.29) is 5.69 Å². The Kier molecular flexibility index (Phi) is 3.35. The van der Waals surface area contributed by atoms with E-state index in [1.807, 2.05) is 25.1 Å². The summed E-state index contributed by atoms with van der Waals surface area (Å²) in [5, 5.41) is 3.42. The molecule has 0 aliphatic rings. The lowest BCUT2D eigenvalue weighted by Gasteiger charge is -2.05. The molecular formula is C16H13FN2OS. The number of halogens is 1. The Morgan fingerprint density at radius 2 is 2.00 bits per heavy atom. The minimum atomic E-state index is -0.471. The van der Waals surface area contributed by atoms with Gasteiger partial charge >= 0.3 is 0 Å². The normalized spacial score (nSPS) is 10.8. The molecule has 1 heterocycles. The number of rotatable bonds is 2. The lowest BCUT2D eigenvalue weighted by molar-refractivity contribution is 0.103. The number of nitrogens with two attached hydrogens (primary N) is 1. The Morgan fingerprint density at radius 3 is 2.76 bits per heavy atom. The maximum atomic E-state index is 13.6. The van der Waals surface area contributed by atoms with E-state index >= 15 is 0 Å². The van der Waals surface area contributed by atoms with Crippen LogP contribution < -0.4 is 11.1 Å². The number of nitrogens with one attached hydrogen (secondary N) is 1. The van der Waals surface area contributed by atoms with Gasteiger partial charge in [-0.1, -0.05) is 23.8 Å². The van der Waals surface area contributed by atoms with Gasteiger partial charge in [0.2, 0.25) is 0 Å². The molecular weight excluding hydrogens is 287 g/mol. The summed E-state index contributed by atoms with van der Waals surface area (Å²) in [5.74, 6) is -0.863. The first-order valence-electron chi connectivity index (χ1n) is 6.41. The molecule has 5 heteroatoms. The monoisotopic (exact) mass is 300 g/mol. The molecule has 0 aliphatic heterocycles. The molecule has 2 aromatic carbocycles. The molecule has 0 radical (unpaired) electrons. The van der Waals surface area contributed by atoms with Gasteiger partial charge in [0.05, 0.1) is 11.4 Å². The molecule has 0 spiro atoms. The Labute approximate surface area is 125 Å². The number of benzene rings is 2. The van der Waals surface area contributed by atoms with Gasteiger partial charge in [-0.25, -0.2) is 4.39 Å². The molecule has 0 aliphatic carbocycles. The molecule has 0 unspecified atom stereocenters.